The van der Waals surface area contributed by atoms with Crippen LogP contribution in [0, 0.1) is 12.8 Å². The Morgan fingerprint density at radius 3 is 2.96 bits per heavy atom. The molecule has 0 bridgehead atoms. The predicted octanol–water partition coefficient (Wildman–Crippen LogP) is 1.72. The Morgan fingerprint density at radius 1 is 1.30 bits per heavy atom. The Labute approximate surface area is 137 Å². The van der Waals surface area contributed by atoms with Crippen LogP contribution in [0.2, 0.25) is 0 Å². The molecular weight excluding hydrogens is 290 g/mol. The molecule has 2 atom stereocenters. The van der Waals surface area contributed by atoms with Gasteiger partial charge in [0.1, 0.15) is 0 Å². The van der Waals surface area contributed by atoms with Gasteiger partial charge in [0.05, 0.1) is 24.3 Å². The van der Waals surface area contributed by atoms with E-state index in [2.05, 4.69) is 9.88 Å². The van der Waals surface area contributed by atoms with Crippen LogP contribution < -0.4 is 0 Å². The van der Waals surface area contributed by atoms with Gasteiger partial charge in [-0.15, -0.1) is 0 Å². The summed E-state index contributed by atoms with van der Waals surface area (Å²) in [6, 6.07) is 2.29. The Hall–Kier alpha value is -1.46. The van der Waals surface area contributed by atoms with Gasteiger partial charge in [0.2, 0.25) is 0 Å². The largest absolute Gasteiger partial charge is 0.375 e. The van der Waals surface area contributed by atoms with Gasteiger partial charge in [-0.3, -0.25) is 14.7 Å². The average Bonchev–Trinajstić information content (AvgIpc) is 3.38. The lowest BCUT2D eigenvalue weighted by Crippen LogP contribution is -2.61. The number of likely N-dealkylation sites (tertiary alicyclic amines) is 1. The van der Waals surface area contributed by atoms with Crippen molar-refractivity contribution in [2.45, 2.75) is 38.3 Å². The van der Waals surface area contributed by atoms with Crippen molar-refractivity contribution >= 4 is 5.91 Å². The quantitative estimate of drug-likeness (QED) is 0.852. The van der Waals surface area contributed by atoms with Gasteiger partial charge in [-0.2, -0.15) is 0 Å². The highest BCUT2D eigenvalue weighted by Gasteiger charge is 2.40. The van der Waals surface area contributed by atoms with Gasteiger partial charge in [0.25, 0.3) is 5.91 Å². The third kappa shape index (κ3) is 3.26. The Kier molecular flexibility index (Phi) is 4.07. The summed E-state index contributed by atoms with van der Waals surface area (Å²) in [7, 11) is 0. The monoisotopic (exact) mass is 315 g/mol. The zero-order valence-corrected chi connectivity index (χ0v) is 13.8. The molecule has 3 aliphatic rings. The number of nitrogens with zero attached hydrogens (tertiary/aromatic N) is 3. The molecule has 1 aliphatic carbocycles. The van der Waals surface area contributed by atoms with E-state index in [0.29, 0.717) is 17.7 Å². The molecule has 0 spiro atoms. The van der Waals surface area contributed by atoms with Crippen LogP contribution in [-0.2, 0) is 4.74 Å². The highest BCUT2D eigenvalue weighted by atomic mass is 16.5. The molecular formula is C18H25N3O2. The third-order valence-electron chi connectivity index (χ3n) is 5.30. The van der Waals surface area contributed by atoms with Crippen molar-refractivity contribution in [2.24, 2.45) is 5.92 Å². The van der Waals surface area contributed by atoms with Crippen LogP contribution in [0.1, 0.15) is 35.2 Å². The SMILES string of the molecule is Cc1cncc(C(=O)N2CC[C@@H]3OCCN(CC4CC4)[C@H]3C2)c1. The molecule has 2 saturated heterocycles. The first-order valence-corrected chi connectivity index (χ1v) is 8.77. The van der Waals surface area contributed by atoms with E-state index in [1.165, 1.54) is 19.4 Å². The van der Waals surface area contributed by atoms with Crippen LogP contribution >= 0.6 is 0 Å². The van der Waals surface area contributed by atoms with E-state index in [4.69, 9.17) is 4.74 Å². The Balaban J connectivity index is 1.47. The fourth-order valence-corrected chi connectivity index (χ4v) is 3.84. The predicted molar refractivity (Wildman–Crippen MR) is 87.3 cm³/mol. The number of ether oxygens (including phenoxy) is 1. The summed E-state index contributed by atoms with van der Waals surface area (Å²) in [4.78, 5) is 21.5. The highest BCUT2D eigenvalue weighted by Crippen LogP contribution is 2.33. The minimum atomic E-state index is 0.108. The molecule has 3 fully saturated rings. The first-order chi connectivity index (χ1) is 11.2. The van der Waals surface area contributed by atoms with E-state index in [-0.39, 0.29) is 5.91 Å². The van der Waals surface area contributed by atoms with E-state index in [1.54, 1.807) is 12.4 Å². The van der Waals surface area contributed by atoms with Crippen LogP contribution in [-0.4, -0.2) is 65.6 Å². The molecule has 4 rings (SSSR count). The number of carbonyl (C=O) groups is 1. The minimum Gasteiger partial charge on any atom is -0.375 e. The van der Waals surface area contributed by atoms with Crippen molar-refractivity contribution in [2.75, 3.05) is 32.8 Å². The number of amides is 1. The minimum absolute atomic E-state index is 0.108. The second kappa shape index (κ2) is 6.21. The lowest BCUT2D eigenvalue weighted by molar-refractivity contribution is -0.0989. The van der Waals surface area contributed by atoms with Crippen LogP contribution in [0.3, 0.4) is 0 Å². The van der Waals surface area contributed by atoms with Crippen molar-refractivity contribution in [1.29, 1.82) is 0 Å². The van der Waals surface area contributed by atoms with E-state index < -0.39 is 0 Å². The van der Waals surface area contributed by atoms with Gasteiger partial charge in [-0.25, -0.2) is 0 Å². The second-order valence-electron chi connectivity index (χ2n) is 7.21. The molecule has 3 heterocycles. The van der Waals surface area contributed by atoms with Gasteiger partial charge in [-0.05, 0) is 43.7 Å². The topological polar surface area (TPSA) is 45.7 Å². The van der Waals surface area contributed by atoms with Gasteiger partial charge in [-0.1, -0.05) is 0 Å². The number of morpholine rings is 1. The lowest BCUT2D eigenvalue weighted by atomic mass is 9.97. The number of aryl methyl sites for hydroxylation is 1. The molecule has 0 radical (unpaired) electrons. The molecule has 2 aliphatic heterocycles. The van der Waals surface area contributed by atoms with Crippen LogP contribution in [0.4, 0.5) is 0 Å². The fraction of sp³-hybridized carbons (Fsp3) is 0.667. The van der Waals surface area contributed by atoms with E-state index in [9.17, 15) is 4.79 Å². The lowest BCUT2D eigenvalue weighted by Gasteiger charge is -2.47. The first-order valence-electron chi connectivity index (χ1n) is 8.77. The maximum atomic E-state index is 12.8. The molecule has 1 amide bonds. The molecule has 0 N–H and O–H groups in total. The number of hydrogen-bond acceptors (Lipinski definition) is 4. The zero-order chi connectivity index (χ0) is 15.8. The van der Waals surface area contributed by atoms with E-state index in [1.807, 2.05) is 17.9 Å². The molecule has 23 heavy (non-hydrogen) atoms. The number of fused-ring (bicyclic) bond motifs is 1. The summed E-state index contributed by atoms with van der Waals surface area (Å²) in [6.07, 6.45) is 7.44. The number of pyridine rings is 1. The standard InChI is InChI=1S/C18H25N3O2/c1-13-8-15(10-19-9-13)18(22)21-5-4-17-16(12-21)20(6-7-23-17)11-14-2-3-14/h8-10,14,16-17H,2-7,11-12H2,1H3/t16-,17-/m0/s1. The summed E-state index contributed by atoms with van der Waals surface area (Å²) in [5.41, 5.74) is 1.73. The molecule has 5 heteroatoms. The summed E-state index contributed by atoms with van der Waals surface area (Å²) in [6.45, 7) is 6.56. The number of piperidine rings is 1. The Bertz CT molecular complexity index is 587. The van der Waals surface area contributed by atoms with Gasteiger partial charge >= 0.3 is 0 Å². The summed E-state index contributed by atoms with van der Waals surface area (Å²) < 4.78 is 5.98. The van der Waals surface area contributed by atoms with Crippen molar-refractivity contribution in [3.8, 4) is 0 Å². The number of aromatic nitrogens is 1. The maximum Gasteiger partial charge on any atom is 0.255 e. The second-order valence-corrected chi connectivity index (χ2v) is 7.21. The molecule has 1 aromatic rings. The zero-order valence-electron chi connectivity index (χ0n) is 13.8. The molecule has 0 unspecified atom stereocenters. The van der Waals surface area contributed by atoms with E-state index >= 15 is 0 Å². The smallest absolute Gasteiger partial charge is 0.255 e. The highest BCUT2D eigenvalue weighted by molar-refractivity contribution is 5.94. The van der Waals surface area contributed by atoms with Crippen LogP contribution in [0.15, 0.2) is 18.5 Å². The summed E-state index contributed by atoms with van der Waals surface area (Å²) in [5, 5.41) is 0. The Morgan fingerprint density at radius 2 is 2.17 bits per heavy atom. The number of rotatable bonds is 3. The van der Waals surface area contributed by atoms with Crippen molar-refractivity contribution in [3.05, 3.63) is 29.6 Å². The molecule has 5 nitrogen and oxygen atoms in total. The molecule has 1 aromatic heterocycles. The third-order valence-corrected chi connectivity index (χ3v) is 5.30. The molecule has 1 saturated carbocycles. The van der Waals surface area contributed by atoms with E-state index in [0.717, 1.165) is 44.1 Å². The summed E-state index contributed by atoms with van der Waals surface area (Å²) in [5.74, 6) is 0.984. The number of hydrogen-bond donors (Lipinski definition) is 0. The maximum absolute atomic E-state index is 12.8. The van der Waals surface area contributed by atoms with Crippen LogP contribution in [0.25, 0.3) is 0 Å². The molecule has 124 valence electrons. The van der Waals surface area contributed by atoms with Crippen LogP contribution in [0.5, 0.6) is 0 Å². The van der Waals surface area contributed by atoms with Gasteiger partial charge in [0.15, 0.2) is 0 Å². The summed E-state index contributed by atoms with van der Waals surface area (Å²) >= 11 is 0. The van der Waals surface area contributed by atoms with Crippen molar-refractivity contribution in [1.82, 2.24) is 14.8 Å². The van der Waals surface area contributed by atoms with Crippen molar-refractivity contribution < 1.29 is 9.53 Å². The molecule has 0 aromatic carbocycles. The van der Waals surface area contributed by atoms with Gasteiger partial charge < -0.3 is 9.64 Å². The average molecular weight is 315 g/mol. The van der Waals surface area contributed by atoms with Crippen molar-refractivity contribution in [3.63, 3.8) is 0 Å². The number of carbonyl (C=O) groups excluding carboxylic acids is 1. The van der Waals surface area contributed by atoms with Gasteiger partial charge in [0, 0.05) is 38.6 Å². The normalized spacial score (nSPS) is 28.5. The fourth-order valence-electron chi connectivity index (χ4n) is 3.84. The first kappa shape index (κ1) is 15.1.